The first-order chi connectivity index (χ1) is 6.50. The van der Waals surface area contributed by atoms with Gasteiger partial charge in [0.05, 0.1) is 0 Å². The Labute approximate surface area is 87.8 Å². The minimum absolute atomic E-state index is 0.326. The zero-order valence-electron chi connectivity index (χ0n) is 8.41. The van der Waals surface area contributed by atoms with Gasteiger partial charge < -0.3 is 10.4 Å². The molecule has 1 amide bonds. The highest BCUT2D eigenvalue weighted by Crippen LogP contribution is 2.06. The lowest BCUT2D eigenvalue weighted by molar-refractivity contribution is -0.136. The van der Waals surface area contributed by atoms with E-state index < -0.39 is 5.60 Å². The van der Waals surface area contributed by atoms with E-state index in [0.717, 1.165) is 6.42 Å². The molecule has 2 N–H and O–H groups in total. The Morgan fingerprint density at radius 1 is 1.64 bits per heavy atom. The first kappa shape index (κ1) is 11.2. The third-order valence-corrected chi connectivity index (χ3v) is 2.57. The third-order valence-electron chi connectivity index (χ3n) is 1.84. The number of thiophene rings is 1. The number of hydrogen-bond acceptors (Lipinski definition) is 3. The molecule has 0 aliphatic carbocycles. The molecule has 0 saturated heterocycles. The zero-order valence-corrected chi connectivity index (χ0v) is 9.23. The average molecular weight is 213 g/mol. The highest BCUT2D eigenvalue weighted by Gasteiger charge is 2.22. The molecule has 0 bridgehead atoms. The van der Waals surface area contributed by atoms with Crippen LogP contribution in [0.3, 0.4) is 0 Å². The van der Waals surface area contributed by atoms with E-state index in [1.807, 2.05) is 11.4 Å². The van der Waals surface area contributed by atoms with Crippen molar-refractivity contribution >= 4 is 17.2 Å². The van der Waals surface area contributed by atoms with Crippen molar-refractivity contribution in [1.82, 2.24) is 5.32 Å². The Bertz CT molecular complexity index is 288. The fourth-order valence-corrected chi connectivity index (χ4v) is 1.67. The minimum Gasteiger partial charge on any atom is -0.381 e. The summed E-state index contributed by atoms with van der Waals surface area (Å²) in [6, 6.07) is 2.03. The predicted octanol–water partition coefficient (Wildman–Crippen LogP) is 1.18. The number of carbonyl (C=O) groups is 1. The highest BCUT2D eigenvalue weighted by molar-refractivity contribution is 7.07. The quantitative estimate of drug-likeness (QED) is 0.789. The van der Waals surface area contributed by atoms with Crippen molar-refractivity contribution < 1.29 is 9.90 Å². The second kappa shape index (κ2) is 4.57. The first-order valence-electron chi connectivity index (χ1n) is 4.52. The van der Waals surface area contributed by atoms with E-state index in [-0.39, 0.29) is 5.91 Å². The summed E-state index contributed by atoms with van der Waals surface area (Å²) in [5, 5.41) is 16.1. The van der Waals surface area contributed by atoms with Gasteiger partial charge in [0, 0.05) is 6.54 Å². The fourth-order valence-electron chi connectivity index (χ4n) is 0.972. The number of hydrogen-bond donors (Lipinski definition) is 2. The summed E-state index contributed by atoms with van der Waals surface area (Å²) in [6.45, 7) is 3.53. The van der Waals surface area contributed by atoms with Gasteiger partial charge in [-0.1, -0.05) is 0 Å². The monoisotopic (exact) mass is 213 g/mol. The second-order valence-electron chi connectivity index (χ2n) is 3.70. The molecule has 0 aromatic carbocycles. The van der Waals surface area contributed by atoms with Crippen molar-refractivity contribution in [3.8, 4) is 0 Å². The molecule has 1 heterocycles. The summed E-state index contributed by atoms with van der Waals surface area (Å²) in [7, 11) is 0. The van der Waals surface area contributed by atoms with Crippen LogP contribution >= 0.6 is 11.3 Å². The maximum atomic E-state index is 11.2. The van der Waals surface area contributed by atoms with Crippen LogP contribution < -0.4 is 5.32 Å². The summed E-state index contributed by atoms with van der Waals surface area (Å²) in [6.07, 6.45) is 0.811. The molecule has 0 radical (unpaired) electrons. The molecule has 1 aromatic heterocycles. The van der Waals surface area contributed by atoms with E-state index in [2.05, 4.69) is 10.7 Å². The SMILES string of the molecule is CC(C)(O)C(=O)NCCc1ccsc1. The molecule has 0 fully saturated rings. The van der Waals surface area contributed by atoms with Crippen LogP contribution in [0, 0.1) is 0 Å². The summed E-state index contributed by atoms with van der Waals surface area (Å²) < 4.78 is 0. The number of aliphatic hydroxyl groups is 1. The van der Waals surface area contributed by atoms with Gasteiger partial charge in [-0.3, -0.25) is 4.79 Å². The van der Waals surface area contributed by atoms with Crippen molar-refractivity contribution in [2.45, 2.75) is 25.9 Å². The second-order valence-corrected chi connectivity index (χ2v) is 4.48. The topological polar surface area (TPSA) is 49.3 Å². The Morgan fingerprint density at radius 3 is 2.86 bits per heavy atom. The smallest absolute Gasteiger partial charge is 0.251 e. The Morgan fingerprint density at radius 2 is 2.36 bits per heavy atom. The highest BCUT2D eigenvalue weighted by atomic mass is 32.1. The van der Waals surface area contributed by atoms with Crippen LogP contribution in [0.5, 0.6) is 0 Å². The van der Waals surface area contributed by atoms with Crippen molar-refractivity contribution in [3.05, 3.63) is 22.4 Å². The van der Waals surface area contributed by atoms with Gasteiger partial charge in [-0.05, 0) is 42.7 Å². The zero-order chi connectivity index (χ0) is 10.6. The molecule has 0 saturated carbocycles. The average Bonchev–Trinajstić information content (AvgIpc) is 2.55. The van der Waals surface area contributed by atoms with Crippen molar-refractivity contribution in [1.29, 1.82) is 0 Å². The number of rotatable bonds is 4. The van der Waals surface area contributed by atoms with Crippen molar-refractivity contribution in [2.24, 2.45) is 0 Å². The van der Waals surface area contributed by atoms with E-state index in [9.17, 15) is 9.90 Å². The molecule has 0 aliphatic heterocycles. The van der Waals surface area contributed by atoms with Crippen LogP contribution in [0.2, 0.25) is 0 Å². The molecule has 4 heteroatoms. The van der Waals surface area contributed by atoms with Crippen LogP contribution in [-0.4, -0.2) is 23.2 Å². The standard InChI is InChI=1S/C10H15NO2S/c1-10(2,13)9(12)11-5-3-8-4-6-14-7-8/h4,6-7,13H,3,5H2,1-2H3,(H,11,12). The number of nitrogens with one attached hydrogen (secondary N) is 1. The normalized spacial score (nSPS) is 11.4. The first-order valence-corrected chi connectivity index (χ1v) is 5.46. The van der Waals surface area contributed by atoms with Gasteiger partial charge in [0.15, 0.2) is 0 Å². The Kier molecular flexibility index (Phi) is 3.66. The third kappa shape index (κ3) is 3.47. The lowest BCUT2D eigenvalue weighted by Gasteiger charge is -2.16. The van der Waals surface area contributed by atoms with Crippen LogP contribution in [0.15, 0.2) is 16.8 Å². The van der Waals surface area contributed by atoms with Crippen LogP contribution in [0.4, 0.5) is 0 Å². The number of amides is 1. The predicted molar refractivity (Wildman–Crippen MR) is 57.3 cm³/mol. The molecule has 3 nitrogen and oxygen atoms in total. The molecular weight excluding hydrogens is 198 g/mol. The molecule has 0 atom stereocenters. The van der Waals surface area contributed by atoms with Gasteiger partial charge in [0.2, 0.25) is 0 Å². The van der Waals surface area contributed by atoms with E-state index in [1.165, 1.54) is 19.4 Å². The van der Waals surface area contributed by atoms with Gasteiger partial charge in [0.25, 0.3) is 5.91 Å². The molecule has 14 heavy (non-hydrogen) atoms. The van der Waals surface area contributed by atoms with Crippen LogP contribution in [0.25, 0.3) is 0 Å². The molecule has 1 aromatic rings. The van der Waals surface area contributed by atoms with Gasteiger partial charge in [-0.2, -0.15) is 11.3 Å². The molecule has 1 rings (SSSR count). The van der Waals surface area contributed by atoms with E-state index in [4.69, 9.17) is 0 Å². The molecule has 0 unspecified atom stereocenters. The largest absolute Gasteiger partial charge is 0.381 e. The maximum Gasteiger partial charge on any atom is 0.251 e. The summed E-state index contributed by atoms with van der Waals surface area (Å²) in [5.41, 5.74) is -0.0692. The molecule has 78 valence electrons. The Hall–Kier alpha value is -0.870. The Balaban J connectivity index is 2.26. The summed E-state index contributed by atoms with van der Waals surface area (Å²) in [5.74, 6) is -0.326. The van der Waals surface area contributed by atoms with Crippen LogP contribution in [0.1, 0.15) is 19.4 Å². The summed E-state index contributed by atoms with van der Waals surface area (Å²) >= 11 is 1.64. The molecular formula is C10H15NO2S. The molecule has 0 aliphatic rings. The van der Waals surface area contributed by atoms with Crippen molar-refractivity contribution in [3.63, 3.8) is 0 Å². The van der Waals surface area contributed by atoms with Gasteiger partial charge in [-0.15, -0.1) is 0 Å². The van der Waals surface area contributed by atoms with Gasteiger partial charge in [-0.25, -0.2) is 0 Å². The maximum absolute atomic E-state index is 11.2. The minimum atomic E-state index is -1.28. The number of carbonyl (C=O) groups excluding carboxylic acids is 1. The molecule has 0 spiro atoms. The lowest BCUT2D eigenvalue weighted by atomic mass is 10.1. The fraction of sp³-hybridized carbons (Fsp3) is 0.500. The van der Waals surface area contributed by atoms with Gasteiger partial charge in [0.1, 0.15) is 5.60 Å². The van der Waals surface area contributed by atoms with E-state index in [1.54, 1.807) is 11.3 Å². The van der Waals surface area contributed by atoms with Gasteiger partial charge >= 0.3 is 0 Å². The van der Waals surface area contributed by atoms with E-state index >= 15 is 0 Å². The lowest BCUT2D eigenvalue weighted by Crippen LogP contribution is -2.42. The van der Waals surface area contributed by atoms with Crippen molar-refractivity contribution in [2.75, 3.05) is 6.54 Å². The van der Waals surface area contributed by atoms with E-state index in [0.29, 0.717) is 6.54 Å². The van der Waals surface area contributed by atoms with Crippen LogP contribution in [-0.2, 0) is 11.2 Å². The summed E-state index contributed by atoms with van der Waals surface area (Å²) in [4.78, 5) is 11.2.